The predicted octanol–water partition coefficient (Wildman–Crippen LogP) is 2.13. The third-order valence-corrected chi connectivity index (χ3v) is 4.89. The largest absolute Gasteiger partial charge is 0.495 e. The molecule has 0 unspecified atom stereocenters. The highest BCUT2D eigenvalue weighted by atomic mass is 35.5. The molecule has 20 heavy (non-hydrogen) atoms. The van der Waals surface area contributed by atoms with Crippen LogP contribution < -0.4 is 4.74 Å². The van der Waals surface area contributed by atoms with Crippen LogP contribution in [-0.4, -0.2) is 43.6 Å². The Kier molecular flexibility index (Phi) is 5.43. The monoisotopic (exact) mass is 321 g/mol. The van der Waals surface area contributed by atoms with Gasteiger partial charge in [-0.05, 0) is 32.0 Å². The number of nitrogens with zero attached hydrogens (tertiary/aromatic N) is 1. The Bertz CT molecular complexity index is 566. The first kappa shape index (κ1) is 17.2. The van der Waals surface area contributed by atoms with Crippen LogP contribution >= 0.6 is 11.6 Å². The summed E-state index contributed by atoms with van der Waals surface area (Å²) in [5.74, 6) is 0.413. The Morgan fingerprint density at radius 2 is 2.00 bits per heavy atom. The van der Waals surface area contributed by atoms with Gasteiger partial charge in [0.25, 0.3) is 0 Å². The summed E-state index contributed by atoms with van der Waals surface area (Å²) in [6.07, 6.45) is 0. The molecule has 1 N–H and O–H groups in total. The number of sulfonamides is 1. The van der Waals surface area contributed by atoms with Crippen molar-refractivity contribution in [2.75, 3.05) is 20.2 Å². The summed E-state index contributed by atoms with van der Waals surface area (Å²) in [7, 11) is -2.24. The predicted molar refractivity (Wildman–Crippen MR) is 78.7 cm³/mol. The summed E-state index contributed by atoms with van der Waals surface area (Å²) in [6, 6.07) is 4.29. The molecule has 0 heterocycles. The zero-order valence-electron chi connectivity index (χ0n) is 12.1. The van der Waals surface area contributed by atoms with Crippen LogP contribution in [0.2, 0.25) is 5.02 Å². The third-order valence-electron chi connectivity index (χ3n) is 2.68. The van der Waals surface area contributed by atoms with E-state index in [9.17, 15) is 13.5 Å². The lowest BCUT2D eigenvalue weighted by Crippen LogP contribution is -2.42. The van der Waals surface area contributed by atoms with Crippen molar-refractivity contribution in [2.24, 2.45) is 0 Å². The molecule has 0 saturated carbocycles. The Morgan fingerprint density at radius 3 is 2.40 bits per heavy atom. The van der Waals surface area contributed by atoms with Gasteiger partial charge >= 0.3 is 0 Å². The molecule has 0 radical (unpaired) electrons. The fraction of sp³-hybridized carbons (Fsp3) is 0.538. The van der Waals surface area contributed by atoms with Gasteiger partial charge in [0.1, 0.15) is 5.75 Å². The number of benzene rings is 1. The van der Waals surface area contributed by atoms with Crippen molar-refractivity contribution in [3.05, 3.63) is 23.2 Å². The van der Waals surface area contributed by atoms with Gasteiger partial charge in [-0.25, -0.2) is 8.42 Å². The summed E-state index contributed by atoms with van der Waals surface area (Å²) in [6.45, 7) is 5.11. The van der Waals surface area contributed by atoms with E-state index in [0.29, 0.717) is 5.75 Å². The molecule has 1 rings (SSSR count). The molecule has 1 aromatic rings. The standard InChI is InChI=1S/C13H20ClNO4S/c1-5-15(9-13(2,3)16)20(17,18)10-6-7-12(19-4)11(14)8-10/h6-8,16H,5,9H2,1-4H3. The first-order valence-corrected chi connectivity index (χ1v) is 7.99. The number of rotatable bonds is 6. The minimum absolute atomic E-state index is 0.00941. The molecule has 0 amide bonds. The highest BCUT2D eigenvalue weighted by Gasteiger charge is 2.28. The van der Waals surface area contributed by atoms with Crippen molar-refractivity contribution in [1.82, 2.24) is 4.31 Å². The van der Waals surface area contributed by atoms with Gasteiger partial charge in [-0.2, -0.15) is 4.31 Å². The van der Waals surface area contributed by atoms with Gasteiger partial charge in [-0.3, -0.25) is 0 Å². The number of aliphatic hydroxyl groups is 1. The van der Waals surface area contributed by atoms with Crippen LogP contribution in [0.3, 0.4) is 0 Å². The summed E-state index contributed by atoms with van der Waals surface area (Å²) in [5, 5.41) is 10.0. The van der Waals surface area contributed by atoms with Crippen LogP contribution in [0.4, 0.5) is 0 Å². The number of hydrogen-bond donors (Lipinski definition) is 1. The van der Waals surface area contributed by atoms with Crippen LogP contribution in [-0.2, 0) is 10.0 Å². The zero-order valence-corrected chi connectivity index (χ0v) is 13.6. The van der Waals surface area contributed by atoms with Crippen LogP contribution in [0.25, 0.3) is 0 Å². The first-order valence-electron chi connectivity index (χ1n) is 6.18. The van der Waals surface area contributed by atoms with Crippen molar-refractivity contribution in [1.29, 1.82) is 0 Å². The highest BCUT2D eigenvalue weighted by Crippen LogP contribution is 2.28. The van der Waals surface area contributed by atoms with Crippen molar-refractivity contribution >= 4 is 21.6 Å². The summed E-state index contributed by atoms with van der Waals surface area (Å²) in [5.41, 5.74) is -1.11. The lowest BCUT2D eigenvalue weighted by atomic mass is 10.1. The summed E-state index contributed by atoms with van der Waals surface area (Å²) < 4.78 is 31.2. The van der Waals surface area contributed by atoms with E-state index in [0.717, 1.165) is 0 Å². The summed E-state index contributed by atoms with van der Waals surface area (Å²) in [4.78, 5) is 0.0781. The van der Waals surface area contributed by atoms with E-state index in [1.807, 2.05) is 0 Å². The molecular weight excluding hydrogens is 302 g/mol. The molecule has 114 valence electrons. The average molecular weight is 322 g/mol. The Morgan fingerprint density at radius 1 is 1.40 bits per heavy atom. The molecule has 1 aromatic carbocycles. The van der Waals surface area contributed by atoms with E-state index in [1.165, 1.54) is 29.6 Å². The number of likely N-dealkylation sites (N-methyl/N-ethyl adjacent to an activating group) is 1. The van der Waals surface area contributed by atoms with Gasteiger partial charge < -0.3 is 9.84 Å². The van der Waals surface area contributed by atoms with Crippen molar-refractivity contribution in [3.8, 4) is 5.75 Å². The second-order valence-electron chi connectivity index (χ2n) is 5.04. The maximum Gasteiger partial charge on any atom is 0.243 e. The van der Waals surface area contributed by atoms with Crippen molar-refractivity contribution in [3.63, 3.8) is 0 Å². The van der Waals surface area contributed by atoms with Gasteiger partial charge in [-0.15, -0.1) is 0 Å². The topological polar surface area (TPSA) is 66.8 Å². The molecule has 0 fully saturated rings. The molecule has 0 aliphatic carbocycles. The number of methoxy groups -OCH3 is 1. The van der Waals surface area contributed by atoms with Crippen LogP contribution in [0, 0.1) is 0 Å². The highest BCUT2D eigenvalue weighted by molar-refractivity contribution is 7.89. The molecule has 0 aliphatic rings. The maximum absolute atomic E-state index is 12.5. The molecule has 0 aromatic heterocycles. The van der Waals surface area contributed by atoms with Gasteiger partial charge in [0, 0.05) is 13.1 Å². The smallest absolute Gasteiger partial charge is 0.243 e. The van der Waals surface area contributed by atoms with Gasteiger partial charge in [0.15, 0.2) is 0 Å². The molecule has 0 saturated heterocycles. The molecule has 7 heteroatoms. The molecule has 0 aliphatic heterocycles. The fourth-order valence-electron chi connectivity index (χ4n) is 1.75. The molecule has 0 spiro atoms. The fourth-order valence-corrected chi connectivity index (χ4v) is 3.71. The van der Waals surface area contributed by atoms with Crippen LogP contribution in [0.1, 0.15) is 20.8 Å². The van der Waals surface area contributed by atoms with Crippen LogP contribution in [0.15, 0.2) is 23.1 Å². The number of halogens is 1. The molecular formula is C13H20ClNO4S. The quantitative estimate of drug-likeness (QED) is 0.871. The van der Waals surface area contributed by atoms with Gasteiger partial charge in [0.05, 0.1) is 22.6 Å². The zero-order chi connectivity index (χ0) is 15.6. The second-order valence-corrected chi connectivity index (χ2v) is 7.39. The van der Waals surface area contributed by atoms with E-state index in [2.05, 4.69) is 0 Å². The minimum Gasteiger partial charge on any atom is -0.495 e. The van der Waals surface area contributed by atoms with Crippen molar-refractivity contribution < 1.29 is 18.3 Å². The number of ether oxygens (including phenoxy) is 1. The normalized spacial score (nSPS) is 12.8. The van der Waals surface area contributed by atoms with Crippen LogP contribution in [0.5, 0.6) is 5.75 Å². The molecule has 0 bridgehead atoms. The van der Waals surface area contributed by atoms with E-state index in [4.69, 9.17) is 16.3 Å². The molecule has 0 atom stereocenters. The van der Waals surface area contributed by atoms with E-state index < -0.39 is 15.6 Å². The molecule has 5 nitrogen and oxygen atoms in total. The lowest BCUT2D eigenvalue weighted by molar-refractivity contribution is 0.0601. The Hall–Kier alpha value is -0.820. The SMILES string of the molecule is CCN(CC(C)(C)O)S(=O)(=O)c1ccc(OC)c(Cl)c1. The second kappa shape index (κ2) is 6.30. The van der Waals surface area contributed by atoms with E-state index in [-0.39, 0.29) is 23.0 Å². The Balaban J connectivity index is 3.17. The maximum atomic E-state index is 12.5. The van der Waals surface area contributed by atoms with E-state index in [1.54, 1.807) is 20.8 Å². The van der Waals surface area contributed by atoms with Gasteiger partial charge in [-0.1, -0.05) is 18.5 Å². The van der Waals surface area contributed by atoms with Gasteiger partial charge in [0.2, 0.25) is 10.0 Å². The Labute approximate surface area is 125 Å². The number of hydrogen-bond acceptors (Lipinski definition) is 4. The summed E-state index contributed by atoms with van der Waals surface area (Å²) >= 11 is 5.96. The van der Waals surface area contributed by atoms with Crippen molar-refractivity contribution in [2.45, 2.75) is 31.3 Å². The lowest BCUT2D eigenvalue weighted by Gasteiger charge is -2.27. The minimum atomic E-state index is -3.70. The van der Waals surface area contributed by atoms with E-state index >= 15 is 0 Å². The average Bonchev–Trinajstić information content (AvgIpc) is 2.34. The third kappa shape index (κ3) is 4.09. The first-order chi connectivity index (χ1) is 9.11.